The van der Waals surface area contributed by atoms with Crippen LogP contribution in [0.2, 0.25) is 0 Å². The minimum absolute atomic E-state index is 0.000562. The summed E-state index contributed by atoms with van der Waals surface area (Å²) in [5, 5.41) is 3.17. The van der Waals surface area contributed by atoms with Crippen molar-refractivity contribution in [3.63, 3.8) is 0 Å². The number of carbonyl (C=O) groups is 1. The lowest BCUT2D eigenvalue weighted by Crippen LogP contribution is -2.41. The summed E-state index contributed by atoms with van der Waals surface area (Å²) in [4.78, 5) is 14.3. The molecular formula is C19H23NO3S. The molecule has 1 aliphatic rings. The van der Waals surface area contributed by atoms with Crippen LogP contribution < -0.4 is 14.8 Å². The number of fused-ring (bicyclic) bond motifs is 1. The Balaban J connectivity index is 1.76. The van der Waals surface area contributed by atoms with Gasteiger partial charge in [-0.3, -0.25) is 4.79 Å². The molecule has 1 aliphatic heterocycles. The lowest BCUT2D eigenvalue weighted by Gasteiger charge is -2.25. The molecule has 4 nitrogen and oxygen atoms in total. The number of thiophene rings is 1. The van der Waals surface area contributed by atoms with Crippen LogP contribution in [0.4, 0.5) is 0 Å². The Morgan fingerprint density at radius 3 is 2.46 bits per heavy atom. The first-order valence-electron chi connectivity index (χ1n) is 8.26. The standard InChI is InChI=1S/C19H23NO3S/c1-11(2)18(12(3)4)20-19(21)17-8-7-16(24-17)13-5-6-14-15(9-13)23-10-22-14/h5-9,11-12,18H,10H2,1-4H3,(H,20,21). The smallest absolute Gasteiger partial charge is 0.261 e. The highest BCUT2D eigenvalue weighted by Crippen LogP contribution is 2.38. The monoisotopic (exact) mass is 345 g/mol. The van der Waals surface area contributed by atoms with Crippen LogP contribution in [-0.2, 0) is 0 Å². The van der Waals surface area contributed by atoms with Crippen molar-refractivity contribution < 1.29 is 14.3 Å². The molecule has 24 heavy (non-hydrogen) atoms. The molecule has 0 radical (unpaired) electrons. The molecule has 2 heterocycles. The van der Waals surface area contributed by atoms with Crippen LogP contribution in [0.1, 0.15) is 37.4 Å². The minimum Gasteiger partial charge on any atom is -0.454 e. The van der Waals surface area contributed by atoms with E-state index in [9.17, 15) is 4.79 Å². The zero-order valence-electron chi connectivity index (χ0n) is 14.5. The average Bonchev–Trinajstić information content (AvgIpc) is 3.19. The number of amides is 1. The molecule has 0 aliphatic carbocycles. The number of nitrogens with one attached hydrogen (secondary N) is 1. The number of rotatable bonds is 5. The molecule has 2 aromatic rings. The van der Waals surface area contributed by atoms with Crippen molar-refractivity contribution in [2.45, 2.75) is 33.7 Å². The minimum atomic E-state index is -0.000562. The van der Waals surface area contributed by atoms with Gasteiger partial charge < -0.3 is 14.8 Å². The van der Waals surface area contributed by atoms with Gasteiger partial charge in [-0.15, -0.1) is 11.3 Å². The number of hydrogen-bond acceptors (Lipinski definition) is 4. The van der Waals surface area contributed by atoms with Crippen LogP contribution in [0.15, 0.2) is 30.3 Å². The fraction of sp³-hybridized carbons (Fsp3) is 0.421. The van der Waals surface area contributed by atoms with E-state index in [0.29, 0.717) is 11.8 Å². The molecule has 0 spiro atoms. The molecule has 0 unspecified atom stereocenters. The summed E-state index contributed by atoms with van der Waals surface area (Å²) >= 11 is 1.50. The van der Waals surface area contributed by atoms with E-state index in [0.717, 1.165) is 26.8 Å². The Hall–Kier alpha value is -2.01. The highest BCUT2D eigenvalue weighted by Gasteiger charge is 2.21. The van der Waals surface area contributed by atoms with Crippen LogP contribution in [0.3, 0.4) is 0 Å². The van der Waals surface area contributed by atoms with E-state index < -0.39 is 0 Å². The Labute approximate surface area is 146 Å². The number of carbonyl (C=O) groups excluding carboxylic acids is 1. The lowest BCUT2D eigenvalue weighted by molar-refractivity contribution is 0.0914. The van der Waals surface area contributed by atoms with Crippen LogP contribution in [-0.4, -0.2) is 18.7 Å². The van der Waals surface area contributed by atoms with Crippen molar-refractivity contribution in [2.24, 2.45) is 11.8 Å². The summed E-state index contributed by atoms with van der Waals surface area (Å²) in [6.45, 7) is 8.81. The van der Waals surface area contributed by atoms with Crippen LogP contribution >= 0.6 is 11.3 Å². The zero-order valence-corrected chi connectivity index (χ0v) is 15.3. The quantitative estimate of drug-likeness (QED) is 0.864. The number of ether oxygens (including phenoxy) is 2. The topological polar surface area (TPSA) is 47.6 Å². The zero-order chi connectivity index (χ0) is 17.3. The van der Waals surface area contributed by atoms with E-state index in [4.69, 9.17) is 9.47 Å². The van der Waals surface area contributed by atoms with Crippen molar-refractivity contribution in [3.05, 3.63) is 35.2 Å². The van der Waals surface area contributed by atoms with Gasteiger partial charge in [0.1, 0.15) is 0 Å². The SMILES string of the molecule is CC(C)C(NC(=O)c1ccc(-c2ccc3c(c2)OCO3)s1)C(C)C. The normalized spacial score (nSPS) is 13.1. The molecule has 1 aromatic heterocycles. The molecule has 1 amide bonds. The van der Waals surface area contributed by atoms with E-state index in [1.165, 1.54) is 11.3 Å². The third kappa shape index (κ3) is 3.41. The van der Waals surface area contributed by atoms with Gasteiger partial charge in [-0.25, -0.2) is 0 Å². The van der Waals surface area contributed by atoms with Gasteiger partial charge in [0.15, 0.2) is 11.5 Å². The van der Waals surface area contributed by atoms with Gasteiger partial charge in [0, 0.05) is 10.9 Å². The third-order valence-electron chi connectivity index (χ3n) is 4.22. The predicted molar refractivity (Wildman–Crippen MR) is 96.8 cm³/mol. The molecular weight excluding hydrogens is 322 g/mol. The van der Waals surface area contributed by atoms with Crippen molar-refractivity contribution in [3.8, 4) is 21.9 Å². The third-order valence-corrected chi connectivity index (χ3v) is 5.35. The maximum atomic E-state index is 12.6. The van der Waals surface area contributed by atoms with Crippen LogP contribution in [0, 0.1) is 11.8 Å². The highest BCUT2D eigenvalue weighted by molar-refractivity contribution is 7.17. The van der Waals surface area contributed by atoms with Gasteiger partial charge in [-0.2, -0.15) is 0 Å². The van der Waals surface area contributed by atoms with Gasteiger partial charge in [-0.1, -0.05) is 27.7 Å². The molecule has 0 saturated heterocycles. The first-order chi connectivity index (χ1) is 11.5. The Morgan fingerprint density at radius 1 is 1.04 bits per heavy atom. The maximum Gasteiger partial charge on any atom is 0.261 e. The number of benzene rings is 1. The average molecular weight is 345 g/mol. The molecule has 0 fully saturated rings. The first kappa shape index (κ1) is 16.8. The Bertz CT molecular complexity index is 728. The van der Waals surface area contributed by atoms with E-state index in [1.54, 1.807) is 0 Å². The van der Waals surface area contributed by atoms with Gasteiger partial charge in [0.05, 0.1) is 4.88 Å². The van der Waals surface area contributed by atoms with Crippen molar-refractivity contribution in [2.75, 3.05) is 6.79 Å². The van der Waals surface area contributed by atoms with E-state index in [1.807, 2.05) is 30.3 Å². The van der Waals surface area contributed by atoms with Crippen LogP contribution in [0.5, 0.6) is 11.5 Å². The second-order valence-corrected chi connectivity index (χ2v) is 7.80. The second kappa shape index (κ2) is 6.85. The van der Waals surface area contributed by atoms with E-state index in [-0.39, 0.29) is 18.7 Å². The Morgan fingerprint density at radius 2 is 1.75 bits per heavy atom. The predicted octanol–water partition coefficient (Wildman–Crippen LogP) is 4.55. The summed E-state index contributed by atoms with van der Waals surface area (Å²) in [6, 6.07) is 9.90. The van der Waals surface area contributed by atoms with E-state index in [2.05, 4.69) is 33.0 Å². The molecule has 5 heteroatoms. The summed E-state index contributed by atoms with van der Waals surface area (Å²) in [5.74, 6) is 2.33. The summed E-state index contributed by atoms with van der Waals surface area (Å²) in [7, 11) is 0. The van der Waals surface area contributed by atoms with Gasteiger partial charge in [0.25, 0.3) is 5.91 Å². The van der Waals surface area contributed by atoms with Gasteiger partial charge in [-0.05, 0) is 47.7 Å². The highest BCUT2D eigenvalue weighted by atomic mass is 32.1. The fourth-order valence-corrected chi connectivity index (χ4v) is 3.90. The fourth-order valence-electron chi connectivity index (χ4n) is 2.99. The van der Waals surface area contributed by atoms with Gasteiger partial charge >= 0.3 is 0 Å². The van der Waals surface area contributed by atoms with Crippen LogP contribution in [0.25, 0.3) is 10.4 Å². The van der Waals surface area contributed by atoms with Crippen molar-refractivity contribution in [1.29, 1.82) is 0 Å². The Kier molecular flexibility index (Phi) is 4.81. The molecule has 3 rings (SSSR count). The summed E-state index contributed by atoms with van der Waals surface area (Å²) in [5.41, 5.74) is 1.03. The van der Waals surface area contributed by atoms with Crippen molar-refractivity contribution >= 4 is 17.2 Å². The van der Waals surface area contributed by atoms with Crippen molar-refractivity contribution in [1.82, 2.24) is 5.32 Å². The first-order valence-corrected chi connectivity index (χ1v) is 9.08. The molecule has 0 atom stereocenters. The second-order valence-electron chi connectivity index (χ2n) is 6.72. The molecule has 0 saturated carbocycles. The molecule has 1 aromatic carbocycles. The maximum absolute atomic E-state index is 12.6. The molecule has 128 valence electrons. The summed E-state index contributed by atoms with van der Waals surface area (Å²) in [6.07, 6.45) is 0. The largest absolute Gasteiger partial charge is 0.454 e. The molecule has 0 bridgehead atoms. The lowest BCUT2D eigenvalue weighted by atomic mass is 9.93. The number of hydrogen-bond donors (Lipinski definition) is 1. The summed E-state index contributed by atoms with van der Waals surface area (Å²) < 4.78 is 10.8. The van der Waals surface area contributed by atoms with Gasteiger partial charge in [0.2, 0.25) is 6.79 Å². The van der Waals surface area contributed by atoms with E-state index >= 15 is 0 Å². The molecule has 1 N–H and O–H groups in total.